The number of piperidine rings is 2. The van der Waals surface area contributed by atoms with Gasteiger partial charge in [0.2, 0.25) is 21.8 Å². The molecule has 4 rings (SSSR count). The lowest BCUT2D eigenvalue weighted by molar-refractivity contribution is -0.137. The highest BCUT2D eigenvalue weighted by Gasteiger charge is 2.36. The molecule has 0 saturated carbocycles. The van der Waals surface area contributed by atoms with Crippen LogP contribution in [-0.4, -0.2) is 61.7 Å². The van der Waals surface area contributed by atoms with E-state index >= 15 is 0 Å². The van der Waals surface area contributed by atoms with Crippen molar-refractivity contribution in [2.24, 2.45) is 5.92 Å². The van der Waals surface area contributed by atoms with E-state index < -0.39 is 10.0 Å². The van der Waals surface area contributed by atoms with E-state index in [9.17, 15) is 18.0 Å². The number of fused-ring (bicyclic) bond motifs is 1. The molecule has 8 heteroatoms. The van der Waals surface area contributed by atoms with Crippen LogP contribution in [0.1, 0.15) is 51.5 Å². The molecule has 0 N–H and O–H groups in total. The molecule has 3 heterocycles. The maximum Gasteiger partial charge on any atom is 0.243 e. The molecule has 0 aromatic heterocycles. The van der Waals surface area contributed by atoms with Crippen molar-refractivity contribution in [3.63, 3.8) is 0 Å². The van der Waals surface area contributed by atoms with E-state index in [2.05, 4.69) is 0 Å². The summed E-state index contributed by atoms with van der Waals surface area (Å²) < 4.78 is 28.2. The first-order valence-electron chi connectivity index (χ1n) is 11.0. The molecule has 3 aliphatic rings. The van der Waals surface area contributed by atoms with Gasteiger partial charge >= 0.3 is 0 Å². The third-order valence-electron chi connectivity index (χ3n) is 6.64. The van der Waals surface area contributed by atoms with Gasteiger partial charge in [-0.3, -0.25) is 9.59 Å². The second kappa shape index (κ2) is 8.30. The lowest BCUT2D eigenvalue weighted by atomic mass is 9.97. The second-order valence-corrected chi connectivity index (χ2v) is 10.8. The molecule has 7 nitrogen and oxygen atoms in total. The Balaban J connectivity index is 1.53. The minimum atomic E-state index is -3.68. The largest absolute Gasteiger partial charge is 0.342 e. The Morgan fingerprint density at radius 3 is 2.47 bits per heavy atom. The number of benzene rings is 1. The van der Waals surface area contributed by atoms with E-state index in [1.165, 1.54) is 11.2 Å². The predicted octanol–water partition coefficient (Wildman–Crippen LogP) is 2.40. The lowest BCUT2D eigenvalue weighted by Crippen LogP contribution is -2.47. The van der Waals surface area contributed by atoms with Gasteiger partial charge in [-0.1, -0.05) is 0 Å². The monoisotopic (exact) mass is 433 g/mol. The van der Waals surface area contributed by atoms with Gasteiger partial charge < -0.3 is 9.80 Å². The van der Waals surface area contributed by atoms with Crippen LogP contribution in [0.2, 0.25) is 0 Å². The van der Waals surface area contributed by atoms with Gasteiger partial charge in [0.1, 0.15) is 0 Å². The van der Waals surface area contributed by atoms with Crippen molar-refractivity contribution >= 4 is 27.5 Å². The topological polar surface area (TPSA) is 78.0 Å². The van der Waals surface area contributed by atoms with Crippen LogP contribution in [0.15, 0.2) is 23.1 Å². The van der Waals surface area contributed by atoms with Crippen LogP contribution in [0.25, 0.3) is 0 Å². The molecule has 2 amide bonds. The lowest BCUT2D eigenvalue weighted by Gasteiger charge is -2.35. The highest BCUT2D eigenvalue weighted by molar-refractivity contribution is 7.89. The van der Waals surface area contributed by atoms with E-state index in [1.54, 1.807) is 23.1 Å². The molecule has 3 aliphatic heterocycles. The van der Waals surface area contributed by atoms with Crippen LogP contribution in [0.3, 0.4) is 0 Å². The number of carbonyl (C=O) groups is 2. The van der Waals surface area contributed by atoms with Crippen molar-refractivity contribution in [1.82, 2.24) is 9.21 Å². The fraction of sp³-hybridized carbons (Fsp3) is 0.636. The van der Waals surface area contributed by atoms with Crippen molar-refractivity contribution in [2.75, 3.05) is 31.1 Å². The summed E-state index contributed by atoms with van der Waals surface area (Å²) in [4.78, 5) is 28.8. The molecule has 2 fully saturated rings. The van der Waals surface area contributed by atoms with Gasteiger partial charge in [-0.15, -0.1) is 0 Å². The average Bonchev–Trinajstić information content (AvgIpc) is 3.09. The summed E-state index contributed by atoms with van der Waals surface area (Å²) in [6, 6.07) is 5.07. The number of rotatable bonds is 3. The van der Waals surface area contributed by atoms with Gasteiger partial charge in [-0.2, -0.15) is 4.31 Å². The summed E-state index contributed by atoms with van der Waals surface area (Å²) in [5, 5.41) is 0. The summed E-state index contributed by atoms with van der Waals surface area (Å²) in [5.74, 6) is -0.185. The molecule has 0 unspecified atom stereocenters. The van der Waals surface area contributed by atoms with Crippen LogP contribution in [-0.2, 0) is 26.0 Å². The molecule has 1 aromatic rings. The fourth-order valence-corrected chi connectivity index (χ4v) is 6.71. The highest BCUT2D eigenvalue weighted by Crippen LogP contribution is 2.35. The van der Waals surface area contributed by atoms with Crippen LogP contribution >= 0.6 is 0 Å². The standard InChI is InChI=1S/C22H31N3O4S/c1-16-13-19-14-20(8-9-21(19)25(16)17(2)26)30(28,29)24-12-6-7-18(15-24)22(27)23-10-4-3-5-11-23/h8-9,14,16,18H,3-7,10-13,15H2,1-2H3/t16-,18-/m1/s1. The first-order valence-corrected chi connectivity index (χ1v) is 12.4. The van der Waals surface area contributed by atoms with Crippen LogP contribution in [0, 0.1) is 5.92 Å². The molecule has 0 aliphatic carbocycles. The number of hydrogen-bond acceptors (Lipinski definition) is 4. The molecule has 0 bridgehead atoms. The molecular weight excluding hydrogens is 402 g/mol. The molecule has 1 aromatic carbocycles. The van der Waals surface area contributed by atoms with Crippen molar-refractivity contribution in [3.05, 3.63) is 23.8 Å². The quantitative estimate of drug-likeness (QED) is 0.733. The van der Waals surface area contributed by atoms with Gasteiger partial charge in [-0.25, -0.2) is 8.42 Å². The Hall–Kier alpha value is -1.93. The summed E-state index contributed by atoms with van der Waals surface area (Å²) in [5.41, 5.74) is 1.68. The number of sulfonamides is 1. The van der Waals surface area contributed by atoms with E-state index in [0.717, 1.165) is 50.0 Å². The van der Waals surface area contributed by atoms with E-state index in [1.807, 2.05) is 11.8 Å². The zero-order chi connectivity index (χ0) is 21.5. The summed E-state index contributed by atoms with van der Waals surface area (Å²) in [6.45, 7) is 5.78. The first-order chi connectivity index (χ1) is 14.3. The smallest absolute Gasteiger partial charge is 0.243 e. The van der Waals surface area contributed by atoms with Gasteiger partial charge in [-0.05, 0) is 69.2 Å². The molecule has 0 spiro atoms. The fourth-order valence-electron chi connectivity index (χ4n) is 5.13. The Kier molecular flexibility index (Phi) is 5.90. The van der Waals surface area contributed by atoms with Crippen molar-refractivity contribution in [2.45, 2.75) is 63.3 Å². The van der Waals surface area contributed by atoms with Crippen LogP contribution in [0.4, 0.5) is 5.69 Å². The number of nitrogens with zero attached hydrogens (tertiary/aromatic N) is 3. The summed E-state index contributed by atoms with van der Waals surface area (Å²) in [7, 11) is -3.68. The van der Waals surface area contributed by atoms with Gasteiger partial charge in [0.05, 0.1) is 10.8 Å². The molecule has 2 atom stereocenters. The zero-order valence-electron chi connectivity index (χ0n) is 17.8. The summed E-state index contributed by atoms with van der Waals surface area (Å²) >= 11 is 0. The second-order valence-electron chi connectivity index (χ2n) is 8.82. The van der Waals surface area contributed by atoms with Crippen LogP contribution in [0.5, 0.6) is 0 Å². The van der Waals surface area contributed by atoms with Crippen LogP contribution < -0.4 is 4.90 Å². The zero-order valence-corrected chi connectivity index (χ0v) is 18.7. The molecular formula is C22H31N3O4S. The Morgan fingerprint density at radius 2 is 1.77 bits per heavy atom. The maximum atomic E-state index is 13.3. The molecule has 2 saturated heterocycles. The number of carbonyl (C=O) groups excluding carboxylic acids is 2. The minimum absolute atomic E-state index is 0.0250. The SMILES string of the molecule is CC(=O)N1c2ccc(S(=O)(=O)N3CCC[C@@H](C(=O)N4CCCCC4)C3)cc2C[C@H]1C. The predicted molar refractivity (Wildman–Crippen MR) is 115 cm³/mol. The van der Waals surface area contributed by atoms with Gasteiger partial charge in [0.15, 0.2) is 0 Å². The Labute approximate surface area is 179 Å². The first kappa shape index (κ1) is 21.3. The molecule has 0 radical (unpaired) electrons. The number of amides is 2. The molecule has 30 heavy (non-hydrogen) atoms. The molecule has 164 valence electrons. The number of hydrogen-bond donors (Lipinski definition) is 0. The Morgan fingerprint density at radius 1 is 1.03 bits per heavy atom. The highest BCUT2D eigenvalue weighted by atomic mass is 32.2. The van der Waals surface area contributed by atoms with E-state index in [4.69, 9.17) is 0 Å². The average molecular weight is 434 g/mol. The van der Waals surface area contributed by atoms with Crippen molar-refractivity contribution in [1.29, 1.82) is 0 Å². The van der Waals surface area contributed by atoms with Crippen molar-refractivity contribution in [3.8, 4) is 0 Å². The van der Waals surface area contributed by atoms with Gasteiger partial charge in [0.25, 0.3) is 0 Å². The normalized spacial score (nSPS) is 25.3. The maximum absolute atomic E-state index is 13.3. The van der Waals surface area contributed by atoms with E-state index in [-0.39, 0.29) is 35.2 Å². The van der Waals surface area contributed by atoms with Crippen molar-refractivity contribution < 1.29 is 18.0 Å². The number of likely N-dealkylation sites (tertiary alicyclic amines) is 1. The minimum Gasteiger partial charge on any atom is -0.342 e. The third-order valence-corrected chi connectivity index (χ3v) is 8.51. The Bertz CT molecular complexity index is 940. The summed E-state index contributed by atoms with van der Waals surface area (Å²) in [6.07, 6.45) is 5.32. The third kappa shape index (κ3) is 3.87. The van der Waals surface area contributed by atoms with E-state index in [0.29, 0.717) is 19.4 Å². The van der Waals surface area contributed by atoms with Gasteiger partial charge in [0, 0.05) is 44.8 Å². The number of anilines is 1.